The molecule has 1 unspecified atom stereocenters. The van der Waals surface area contributed by atoms with Crippen molar-refractivity contribution < 1.29 is 14.4 Å². The van der Waals surface area contributed by atoms with Crippen molar-refractivity contribution in [3.05, 3.63) is 53.7 Å². The van der Waals surface area contributed by atoms with Crippen LogP contribution in [0.1, 0.15) is 54.9 Å². The Labute approximate surface area is 175 Å². The number of carbonyl (C=O) groups excluding carboxylic acids is 3. The van der Waals surface area contributed by atoms with Gasteiger partial charge in [-0.1, -0.05) is 19.1 Å². The number of hydrogen-bond acceptors (Lipinski definition) is 5. The van der Waals surface area contributed by atoms with Crippen molar-refractivity contribution in [2.24, 2.45) is 0 Å². The van der Waals surface area contributed by atoms with E-state index >= 15 is 0 Å². The Balaban J connectivity index is 1.52. The van der Waals surface area contributed by atoms with E-state index < -0.39 is 5.41 Å². The van der Waals surface area contributed by atoms with Crippen molar-refractivity contribution in [1.82, 2.24) is 10.3 Å². The van der Waals surface area contributed by atoms with E-state index in [0.29, 0.717) is 30.5 Å². The van der Waals surface area contributed by atoms with Crippen LogP contribution >= 0.6 is 0 Å². The molecular weight excluding hydrogens is 380 g/mol. The SMILES string of the molecule is CCC1(c2ccc(NC(=O)c3cccnc3N3CCCC3)cc2)CCC(=O)NC1=O. The summed E-state index contributed by atoms with van der Waals surface area (Å²) in [6.45, 7) is 3.78. The zero-order chi connectivity index (χ0) is 21.1. The quantitative estimate of drug-likeness (QED) is 0.745. The predicted molar refractivity (Wildman–Crippen MR) is 114 cm³/mol. The number of piperidine rings is 1. The van der Waals surface area contributed by atoms with Gasteiger partial charge in [0.25, 0.3) is 5.91 Å². The molecule has 1 aromatic carbocycles. The van der Waals surface area contributed by atoms with Crippen LogP contribution < -0.4 is 15.5 Å². The maximum atomic E-state index is 12.9. The van der Waals surface area contributed by atoms with E-state index in [9.17, 15) is 14.4 Å². The summed E-state index contributed by atoms with van der Waals surface area (Å²) in [7, 11) is 0. The number of imide groups is 1. The number of amides is 3. The normalized spacial score (nSPS) is 21.4. The molecule has 2 fully saturated rings. The molecule has 2 N–H and O–H groups in total. The molecular formula is C23H26N4O3. The molecule has 3 heterocycles. The van der Waals surface area contributed by atoms with Crippen molar-refractivity contribution in [3.63, 3.8) is 0 Å². The smallest absolute Gasteiger partial charge is 0.259 e. The summed E-state index contributed by atoms with van der Waals surface area (Å²) >= 11 is 0. The molecule has 2 saturated heterocycles. The number of anilines is 2. The van der Waals surface area contributed by atoms with Gasteiger partial charge in [-0.2, -0.15) is 0 Å². The molecule has 2 aromatic rings. The Morgan fingerprint density at radius 3 is 2.57 bits per heavy atom. The summed E-state index contributed by atoms with van der Waals surface area (Å²) in [5.41, 5.74) is 1.35. The fourth-order valence-electron chi connectivity index (χ4n) is 4.39. The monoisotopic (exact) mass is 406 g/mol. The molecule has 0 spiro atoms. The Morgan fingerprint density at radius 1 is 1.17 bits per heavy atom. The maximum absolute atomic E-state index is 12.9. The van der Waals surface area contributed by atoms with Crippen LogP contribution in [0.25, 0.3) is 0 Å². The number of benzene rings is 1. The van der Waals surface area contributed by atoms with Gasteiger partial charge in [0.1, 0.15) is 5.82 Å². The highest BCUT2D eigenvalue weighted by molar-refractivity contribution is 6.07. The van der Waals surface area contributed by atoms with Crippen LogP contribution in [0.5, 0.6) is 0 Å². The van der Waals surface area contributed by atoms with E-state index in [1.54, 1.807) is 30.5 Å². The van der Waals surface area contributed by atoms with Crippen molar-refractivity contribution in [3.8, 4) is 0 Å². The van der Waals surface area contributed by atoms with Gasteiger partial charge >= 0.3 is 0 Å². The van der Waals surface area contributed by atoms with Gasteiger partial charge in [0.15, 0.2) is 0 Å². The highest BCUT2D eigenvalue weighted by atomic mass is 16.2. The number of nitrogens with zero attached hydrogens (tertiary/aromatic N) is 2. The van der Waals surface area contributed by atoms with Gasteiger partial charge in [-0.15, -0.1) is 0 Å². The highest BCUT2D eigenvalue weighted by Crippen LogP contribution is 2.36. The largest absolute Gasteiger partial charge is 0.356 e. The van der Waals surface area contributed by atoms with Crippen molar-refractivity contribution in [1.29, 1.82) is 0 Å². The second-order valence-electron chi connectivity index (χ2n) is 7.91. The van der Waals surface area contributed by atoms with E-state index in [1.165, 1.54) is 0 Å². The van der Waals surface area contributed by atoms with Crippen LogP contribution in [0.2, 0.25) is 0 Å². The molecule has 30 heavy (non-hydrogen) atoms. The maximum Gasteiger partial charge on any atom is 0.259 e. The van der Waals surface area contributed by atoms with Crippen LogP contribution in [-0.2, 0) is 15.0 Å². The minimum Gasteiger partial charge on any atom is -0.356 e. The number of rotatable bonds is 5. The summed E-state index contributed by atoms with van der Waals surface area (Å²) < 4.78 is 0. The summed E-state index contributed by atoms with van der Waals surface area (Å²) in [5, 5.41) is 5.40. The molecule has 0 saturated carbocycles. The molecule has 156 valence electrons. The zero-order valence-electron chi connectivity index (χ0n) is 17.1. The second kappa shape index (κ2) is 8.26. The lowest BCUT2D eigenvalue weighted by molar-refractivity contribution is -0.138. The van der Waals surface area contributed by atoms with E-state index in [0.717, 1.165) is 37.3 Å². The molecule has 1 atom stereocenters. The molecule has 0 aliphatic carbocycles. The van der Waals surface area contributed by atoms with Gasteiger partial charge in [-0.25, -0.2) is 4.98 Å². The first-order chi connectivity index (χ1) is 14.5. The third kappa shape index (κ3) is 3.67. The average molecular weight is 406 g/mol. The van der Waals surface area contributed by atoms with Gasteiger partial charge in [-0.05, 0) is 55.5 Å². The van der Waals surface area contributed by atoms with E-state index in [1.807, 2.05) is 19.1 Å². The molecule has 2 aliphatic heterocycles. The summed E-state index contributed by atoms with van der Waals surface area (Å²) in [4.78, 5) is 43.6. The average Bonchev–Trinajstić information content (AvgIpc) is 3.30. The first-order valence-corrected chi connectivity index (χ1v) is 10.5. The molecule has 7 nitrogen and oxygen atoms in total. The zero-order valence-corrected chi connectivity index (χ0v) is 17.1. The second-order valence-corrected chi connectivity index (χ2v) is 7.91. The lowest BCUT2D eigenvalue weighted by Gasteiger charge is -2.35. The van der Waals surface area contributed by atoms with Gasteiger partial charge in [0, 0.05) is 31.4 Å². The Kier molecular flexibility index (Phi) is 5.53. The first kappa shape index (κ1) is 20.1. The topological polar surface area (TPSA) is 91.4 Å². The lowest BCUT2D eigenvalue weighted by atomic mass is 9.72. The Morgan fingerprint density at radius 2 is 1.90 bits per heavy atom. The number of nitrogens with one attached hydrogen (secondary N) is 2. The number of hydrogen-bond donors (Lipinski definition) is 2. The third-order valence-corrected chi connectivity index (χ3v) is 6.20. The molecule has 4 rings (SSSR count). The van der Waals surface area contributed by atoms with Crippen molar-refractivity contribution in [2.75, 3.05) is 23.3 Å². The van der Waals surface area contributed by atoms with Crippen molar-refractivity contribution >= 4 is 29.2 Å². The number of aromatic nitrogens is 1. The van der Waals surface area contributed by atoms with Gasteiger partial charge in [0.05, 0.1) is 11.0 Å². The van der Waals surface area contributed by atoms with Crippen LogP contribution in [0, 0.1) is 0 Å². The number of carbonyl (C=O) groups is 3. The minimum atomic E-state index is -0.706. The Hall–Kier alpha value is -3.22. The fourth-order valence-corrected chi connectivity index (χ4v) is 4.39. The van der Waals surface area contributed by atoms with E-state index in [-0.39, 0.29) is 17.7 Å². The van der Waals surface area contributed by atoms with E-state index in [2.05, 4.69) is 20.5 Å². The molecule has 1 aromatic heterocycles. The van der Waals surface area contributed by atoms with Gasteiger partial charge < -0.3 is 10.2 Å². The standard InChI is InChI=1S/C23H26N4O3/c1-2-23(12-11-19(28)26-22(23)30)16-7-9-17(10-8-16)25-21(29)18-6-5-13-24-20(18)27-14-3-4-15-27/h5-10,13H,2-4,11-12,14-15H2,1H3,(H,25,29)(H,26,28,30). The van der Waals surface area contributed by atoms with Crippen molar-refractivity contribution in [2.45, 2.75) is 44.4 Å². The highest BCUT2D eigenvalue weighted by Gasteiger charge is 2.42. The van der Waals surface area contributed by atoms with Crippen LogP contribution in [0.15, 0.2) is 42.6 Å². The van der Waals surface area contributed by atoms with Gasteiger partial charge in [-0.3, -0.25) is 19.7 Å². The fraction of sp³-hybridized carbons (Fsp3) is 0.391. The van der Waals surface area contributed by atoms with Crippen LogP contribution in [-0.4, -0.2) is 35.8 Å². The lowest BCUT2D eigenvalue weighted by Crippen LogP contribution is -2.51. The first-order valence-electron chi connectivity index (χ1n) is 10.5. The molecule has 2 aliphatic rings. The molecule has 0 radical (unpaired) electrons. The van der Waals surface area contributed by atoms with E-state index in [4.69, 9.17) is 0 Å². The third-order valence-electron chi connectivity index (χ3n) is 6.20. The molecule has 7 heteroatoms. The Bertz CT molecular complexity index is 967. The summed E-state index contributed by atoms with van der Waals surface area (Å²) in [5.74, 6) is 0.0449. The van der Waals surface area contributed by atoms with Crippen LogP contribution in [0.3, 0.4) is 0 Å². The summed E-state index contributed by atoms with van der Waals surface area (Å²) in [6, 6.07) is 10.9. The summed E-state index contributed by atoms with van der Waals surface area (Å²) in [6.07, 6.45) is 5.36. The predicted octanol–water partition coefficient (Wildman–Crippen LogP) is 3.02. The molecule has 3 amide bonds. The number of pyridine rings is 1. The minimum absolute atomic E-state index is 0.205. The van der Waals surface area contributed by atoms with Gasteiger partial charge in [0.2, 0.25) is 11.8 Å². The molecule has 0 bridgehead atoms. The van der Waals surface area contributed by atoms with Crippen LogP contribution in [0.4, 0.5) is 11.5 Å².